The van der Waals surface area contributed by atoms with Crippen molar-refractivity contribution in [3.63, 3.8) is 0 Å². The molecule has 0 bridgehead atoms. The van der Waals surface area contributed by atoms with Crippen molar-refractivity contribution in [3.05, 3.63) is 24.0 Å². The number of rotatable bonds is 9. The molecule has 0 aromatic heterocycles. The van der Waals surface area contributed by atoms with Gasteiger partial charge in [0.05, 0.1) is 25.6 Å². The number of ether oxygens (including phenoxy) is 3. The average molecular weight is 334 g/mol. The molecule has 0 spiro atoms. The Morgan fingerprint density at radius 2 is 1.76 bits per heavy atom. The predicted molar refractivity (Wildman–Crippen MR) is 67.9 cm³/mol. The minimum absolute atomic E-state index is 0. The van der Waals surface area contributed by atoms with Gasteiger partial charge in [-0.2, -0.15) is 0 Å². The molecule has 0 heterocycles. The van der Waals surface area contributed by atoms with E-state index in [1.807, 2.05) is 0 Å². The fourth-order valence-electron chi connectivity index (χ4n) is 1.46. The van der Waals surface area contributed by atoms with E-state index in [1.54, 1.807) is 7.11 Å². The van der Waals surface area contributed by atoms with Crippen molar-refractivity contribution in [3.8, 4) is 5.75 Å². The molecule has 0 atom stereocenters. The van der Waals surface area contributed by atoms with Gasteiger partial charge < -0.3 is 27.2 Å². The molecule has 0 aliphatic heterocycles. The van der Waals surface area contributed by atoms with Crippen LogP contribution in [-0.4, -0.2) is 40.5 Å². The van der Waals surface area contributed by atoms with E-state index in [4.69, 9.17) is 14.2 Å². The molecule has 1 aromatic carbocycles. The molecule has 0 fully saturated rings. The van der Waals surface area contributed by atoms with Crippen molar-refractivity contribution >= 4 is 12.4 Å². The maximum atomic E-state index is 13.2. The maximum Gasteiger partial charge on any atom is 1.00 e. The molecular formula is C12H16BF4KO3. The van der Waals surface area contributed by atoms with Gasteiger partial charge >= 0.3 is 58.4 Å². The summed E-state index contributed by atoms with van der Waals surface area (Å²) in [6.07, 6.45) is 0.552. The molecule has 9 heteroatoms. The number of hydrogen-bond acceptors (Lipinski definition) is 3. The Morgan fingerprint density at radius 3 is 2.33 bits per heavy atom. The molecule has 0 radical (unpaired) electrons. The summed E-state index contributed by atoms with van der Waals surface area (Å²) in [5, 5.41) is 0. The molecule has 3 nitrogen and oxygen atoms in total. The summed E-state index contributed by atoms with van der Waals surface area (Å²) in [5.74, 6) is -1.24. The third-order valence-electron chi connectivity index (χ3n) is 2.46. The van der Waals surface area contributed by atoms with Crippen LogP contribution in [0.1, 0.15) is 6.42 Å². The Morgan fingerprint density at radius 1 is 1.05 bits per heavy atom. The normalized spacial score (nSPS) is 11.1. The van der Waals surface area contributed by atoms with Crippen molar-refractivity contribution in [1.82, 2.24) is 0 Å². The summed E-state index contributed by atoms with van der Waals surface area (Å²) in [6, 6.07) is 2.55. The second kappa shape index (κ2) is 11.0. The van der Waals surface area contributed by atoms with Crippen LogP contribution in [0.5, 0.6) is 5.75 Å². The van der Waals surface area contributed by atoms with E-state index in [2.05, 4.69) is 0 Å². The van der Waals surface area contributed by atoms with E-state index in [0.717, 1.165) is 12.1 Å². The van der Waals surface area contributed by atoms with Crippen LogP contribution in [0.3, 0.4) is 0 Å². The van der Waals surface area contributed by atoms with Gasteiger partial charge in [-0.05, 0) is 6.07 Å². The molecular weight excluding hydrogens is 318 g/mol. The molecule has 114 valence electrons. The minimum Gasteiger partial charge on any atom is -0.493 e. The first kappa shape index (κ1) is 21.4. The van der Waals surface area contributed by atoms with E-state index in [0.29, 0.717) is 32.3 Å². The predicted octanol–water partition coefficient (Wildman–Crippen LogP) is -0.684. The van der Waals surface area contributed by atoms with Crippen LogP contribution in [0, 0.1) is 5.82 Å². The summed E-state index contributed by atoms with van der Waals surface area (Å²) < 4.78 is 65.5. The van der Waals surface area contributed by atoms with Crippen LogP contribution >= 0.6 is 0 Å². The van der Waals surface area contributed by atoms with Gasteiger partial charge in [0.15, 0.2) is 0 Å². The van der Waals surface area contributed by atoms with Gasteiger partial charge in [0.25, 0.3) is 0 Å². The molecule has 0 aliphatic rings. The standard InChI is InChI=1S/C12H16BF4O3.K/c1-18-7-8-19-5-2-6-20-10-3-4-11(12(14)9-10)13(15,16)17;/h3-4,9H,2,5-8H2,1H3;/q-1;+1. The van der Waals surface area contributed by atoms with Crippen molar-refractivity contribution < 1.29 is 82.9 Å². The van der Waals surface area contributed by atoms with Crippen molar-refractivity contribution in [1.29, 1.82) is 0 Å². The smallest absolute Gasteiger partial charge is 0.493 e. The fraction of sp³-hybridized carbons (Fsp3) is 0.500. The van der Waals surface area contributed by atoms with Crippen LogP contribution in [0.15, 0.2) is 18.2 Å². The third-order valence-corrected chi connectivity index (χ3v) is 2.46. The minimum atomic E-state index is -5.34. The zero-order valence-corrected chi connectivity index (χ0v) is 15.2. The molecule has 0 unspecified atom stereocenters. The van der Waals surface area contributed by atoms with Crippen LogP contribution in [-0.2, 0) is 9.47 Å². The van der Waals surface area contributed by atoms with Gasteiger partial charge in [0, 0.05) is 26.2 Å². The molecule has 0 aliphatic carbocycles. The molecule has 1 rings (SSSR count). The van der Waals surface area contributed by atoms with Crippen molar-refractivity contribution in [2.45, 2.75) is 6.42 Å². The van der Waals surface area contributed by atoms with Crippen LogP contribution in [0.4, 0.5) is 17.3 Å². The van der Waals surface area contributed by atoms with Gasteiger partial charge in [-0.1, -0.05) is 11.5 Å². The Labute approximate surface area is 163 Å². The summed E-state index contributed by atoms with van der Waals surface area (Å²) in [5.41, 5.74) is -1.24. The Bertz CT molecular complexity index is 418. The second-order valence-electron chi connectivity index (χ2n) is 4.07. The Balaban J connectivity index is 0.00000400. The second-order valence-corrected chi connectivity index (χ2v) is 4.07. The molecule has 0 saturated carbocycles. The van der Waals surface area contributed by atoms with E-state index < -0.39 is 18.3 Å². The molecule has 0 saturated heterocycles. The number of methoxy groups -OCH3 is 1. The largest absolute Gasteiger partial charge is 1.00 e. The van der Waals surface area contributed by atoms with E-state index in [9.17, 15) is 17.3 Å². The van der Waals surface area contributed by atoms with Crippen molar-refractivity contribution in [2.75, 3.05) is 33.5 Å². The number of hydrogen-bond donors (Lipinski definition) is 0. The van der Waals surface area contributed by atoms with E-state index in [1.165, 1.54) is 0 Å². The third kappa shape index (κ3) is 8.53. The Kier molecular flexibility index (Phi) is 11.2. The first-order chi connectivity index (χ1) is 9.45. The van der Waals surface area contributed by atoms with Gasteiger partial charge in [-0.25, -0.2) is 4.39 Å². The molecule has 1 aromatic rings. The summed E-state index contributed by atoms with van der Waals surface area (Å²) in [4.78, 5) is 0. The molecule has 0 amide bonds. The first-order valence-corrected chi connectivity index (χ1v) is 6.14. The van der Waals surface area contributed by atoms with Crippen LogP contribution in [0.25, 0.3) is 0 Å². The summed E-state index contributed by atoms with van der Waals surface area (Å²) >= 11 is 0. The first-order valence-electron chi connectivity index (χ1n) is 6.14. The number of halogens is 4. The zero-order chi connectivity index (χ0) is 15.0. The van der Waals surface area contributed by atoms with E-state index in [-0.39, 0.29) is 63.7 Å². The molecule has 21 heavy (non-hydrogen) atoms. The van der Waals surface area contributed by atoms with Gasteiger partial charge in [-0.15, -0.1) is 0 Å². The van der Waals surface area contributed by atoms with E-state index >= 15 is 0 Å². The van der Waals surface area contributed by atoms with Gasteiger partial charge in [-0.3, -0.25) is 0 Å². The average Bonchev–Trinajstić information content (AvgIpc) is 2.36. The zero-order valence-electron chi connectivity index (χ0n) is 12.1. The summed E-state index contributed by atoms with van der Waals surface area (Å²) in [7, 11) is 1.56. The van der Waals surface area contributed by atoms with Gasteiger partial charge in [0.2, 0.25) is 0 Å². The topological polar surface area (TPSA) is 27.7 Å². The monoisotopic (exact) mass is 334 g/mol. The Hall–Kier alpha value is 0.361. The molecule has 0 N–H and O–H groups in total. The number of benzene rings is 1. The SMILES string of the molecule is COCCOCCCOc1ccc([B-](F)(F)F)c(F)c1.[K+]. The van der Waals surface area contributed by atoms with Crippen molar-refractivity contribution in [2.24, 2.45) is 0 Å². The van der Waals surface area contributed by atoms with Crippen LogP contribution < -0.4 is 61.6 Å². The maximum absolute atomic E-state index is 13.2. The fourth-order valence-corrected chi connectivity index (χ4v) is 1.46. The van der Waals surface area contributed by atoms with Crippen LogP contribution in [0.2, 0.25) is 0 Å². The quantitative estimate of drug-likeness (QED) is 0.340. The van der Waals surface area contributed by atoms with Gasteiger partial charge in [0.1, 0.15) is 5.75 Å². The summed E-state index contributed by atoms with van der Waals surface area (Å²) in [6.45, 7) is -3.70.